The van der Waals surface area contributed by atoms with Gasteiger partial charge in [-0.25, -0.2) is 9.97 Å². The Morgan fingerprint density at radius 1 is 1.04 bits per heavy atom. The van der Waals surface area contributed by atoms with E-state index in [2.05, 4.69) is 20.6 Å². The summed E-state index contributed by atoms with van der Waals surface area (Å²) in [5.41, 5.74) is 4.89. The van der Waals surface area contributed by atoms with Gasteiger partial charge in [-0.2, -0.15) is 5.26 Å². The SMILES string of the molecule is Cc1nc2ccc(C(=O)NCc3ccccc3NC(=O)CC#N)cc2nc1C. The number of rotatable bonds is 5. The summed E-state index contributed by atoms with van der Waals surface area (Å²) in [7, 11) is 0. The minimum atomic E-state index is -0.389. The Hall–Kier alpha value is -3.79. The molecule has 140 valence electrons. The highest BCUT2D eigenvalue weighted by Gasteiger charge is 2.11. The summed E-state index contributed by atoms with van der Waals surface area (Å²) in [5, 5.41) is 14.1. The summed E-state index contributed by atoms with van der Waals surface area (Å²) in [6.07, 6.45) is -0.224. The summed E-state index contributed by atoms with van der Waals surface area (Å²) in [4.78, 5) is 33.2. The number of fused-ring (bicyclic) bond motifs is 1. The number of benzene rings is 2. The lowest BCUT2D eigenvalue weighted by atomic mass is 10.1. The van der Waals surface area contributed by atoms with E-state index in [4.69, 9.17) is 5.26 Å². The third-order valence-electron chi connectivity index (χ3n) is 4.31. The number of nitrogens with one attached hydrogen (secondary N) is 2. The van der Waals surface area contributed by atoms with Crippen molar-refractivity contribution in [2.45, 2.75) is 26.8 Å². The Morgan fingerprint density at radius 3 is 2.50 bits per heavy atom. The quantitative estimate of drug-likeness (QED) is 0.715. The van der Waals surface area contributed by atoms with Gasteiger partial charge in [0.15, 0.2) is 0 Å². The number of carbonyl (C=O) groups excluding carboxylic acids is 2. The van der Waals surface area contributed by atoms with Crippen LogP contribution in [0.2, 0.25) is 0 Å². The second-order valence-electron chi connectivity index (χ2n) is 6.32. The van der Waals surface area contributed by atoms with E-state index in [9.17, 15) is 9.59 Å². The number of amides is 2. The lowest BCUT2D eigenvalue weighted by molar-refractivity contribution is -0.115. The number of hydrogen-bond donors (Lipinski definition) is 2. The molecular weight excluding hydrogens is 354 g/mol. The van der Waals surface area contributed by atoms with Gasteiger partial charge in [0.2, 0.25) is 5.91 Å². The van der Waals surface area contributed by atoms with Crippen LogP contribution >= 0.6 is 0 Å². The highest BCUT2D eigenvalue weighted by atomic mass is 16.2. The number of carbonyl (C=O) groups is 2. The molecule has 1 aromatic heterocycles. The lowest BCUT2D eigenvalue weighted by Crippen LogP contribution is -2.24. The molecule has 0 radical (unpaired) electrons. The Bertz CT molecular complexity index is 1100. The molecule has 0 unspecified atom stereocenters. The summed E-state index contributed by atoms with van der Waals surface area (Å²) in [6.45, 7) is 4.01. The molecule has 0 aliphatic rings. The van der Waals surface area contributed by atoms with Gasteiger partial charge in [-0.15, -0.1) is 0 Å². The van der Waals surface area contributed by atoms with Gasteiger partial charge < -0.3 is 10.6 Å². The third-order valence-corrected chi connectivity index (χ3v) is 4.31. The van der Waals surface area contributed by atoms with E-state index >= 15 is 0 Å². The molecule has 0 aliphatic carbocycles. The second kappa shape index (κ2) is 8.27. The van der Waals surface area contributed by atoms with Crippen LogP contribution < -0.4 is 10.6 Å². The molecule has 2 aromatic carbocycles. The van der Waals surface area contributed by atoms with E-state index in [1.807, 2.05) is 26.0 Å². The maximum absolute atomic E-state index is 12.6. The smallest absolute Gasteiger partial charge is 0.251 e. The number of nitriles is 1. The number of para-hydroxylation sites is 1. The minimum Gasteiger partial charge on any atom is -0.348 e. The number of aryl methyl sites for hydroxylation is 2. The van der Waals surface area contributed by atoms with Crippen molar-refractivity contribution in [3.63, 3.8) is 0 Å². The third kappa shape index (κ3) is 4.30. The maximum atomic E-state index is 12.6. The number of anilines is 1. The van der Waals surface area contributed by atoms with E-state index in [-0.39, 0.29) is 24.8 Å². The number of hydrogen-bond acceptors (Lipinski definition) is 5. The molecule has 7 nitrogen and oxygen atoms in total. The summed E-state index contributed by atoms with van der Waals surface area (Å²) >= 11 is 0. The predicted molar refractivity (Wildman–Crippen MR) is 105 cm³/mol. The molecule has 28 heavy (non-hydrogen) atoms. The zero-order valence-electron chi connectivity index (χ0n) is 15.6. The van der Waals surface area contributed by atoms with Crippen molar-refractivity contribution in [1.82, 2.24) is 15.3 Å². The molecule has 7 heteroatoms. The highest BCUT2D eigenvalue weighted by molar-refractivity contribution is 5.97. The van der Waals surface area contributed by atoms with Gasteiger partial charge in [-0.05, 0) is 43.7 Å². The van der Waals surface area contributed by atoms with Gasteiger partial charge in [0, 0.05) is 17.8 Å². The molecule has 2 amide bonds. The van der Waals surface area contributed by atoms with Crippen LogP contribution in [0.4, 0.5) is 5.69 Å². The first kappa shape index (κ1) is 19.0. The van der Waals surface area contributed by atoms with Gasteiger partial charge in [0.05, 0.1) is 28.5 Å². The van der Waals surface area contributed by atoms with Crippen molar-refractivity contribution >= 4 is 28.5 Å². The molecule has 3 rings (SSSR count). The van der Waals surface area contributed by atoms with Crippen molar-refractivity contribution in [2.24, 2.45) is 0 Å². The number of aromatic nitrogens is 2. The summed E-state index contributed by atoms with van der Waals surface area (Å²) in [5.74, 6) is -0.639. The van der Waals surface area contributed by atoms with Gasteiger partial charge >= 0.3 is 0 Å². The van der Waals surface area contributed by atoms with Crippen molar-refractivity contribution in [3.8, 4) is 6.07 Å². The monoisotopic (exact) mass is 373 g/mol. The number of nitrogens with zero attached hydrogens (tertiary/aromatic N) is 3. The van der Waals surface area contributed by atoms with Gasteiger partial charge in [-0.3, -0.25) is 9.59 Å². The van der Waals surface area contributed by atoms with Crippen LogP contribution in [-0.4, -0.2) is 21.8 Å². The molecule has 0 atom stereocenters. The molecule has 0 bridgehead atoms. The first-order valence-corrected chi connectivity index (χ1v) is 8.76. The summed E-state index contributed by atoms with van der Waals surface area (Å²) in [6, 6.07) is 14.1. The van der Waals surface area contributed by atoms with Crippen LogP contribution in [0.25, 0.3) is 11.0 Å². The van der Waals surface area contributed by atoms with Crippen LogP contribution in [-0.2, 0) is 11.3 Å². The van der Waals surface area contributed by atoms with E-state index in [0.29, 0.717) is 16.8 Å². The highest BCUT2D eigenvalue weighted by Crippen LogP contribution is 2.17. The van der Waals surface area contributed by atoms with Crippen LogP contribution in [0, 0.1) is 25.2 Å². The molecule has 0 fully saturated rings. The first-order valence-electron chi connectivity index (χ1n) is 8.76. The van der Waals surface area contributed by atoms with Crippen LogP contribution in [0.1, 0.15) is 33.7 Å². The fourth-order valence-corrected chi connectivity index (χ4v) is 2.71. The van der Waals surface area contributed by atoms with Crippen molar-refractivity contribution < 1.29 is 9.59 Å². The molecule has 2 N–H and O–H groups in total. The Labute approximate surface area is 162 Å². The summed E-state index contributed by atoms with van der Waals surface area (Å²) < 4.78 is 0. The largest absolute Gasteiger partial charge is 0.348 e. The molecule has 0 saturated heterocycles. The van der Waals surface area contributed by atoms with E-state index in [1.54, 1.807) is 36.4 Å². The Kier molecular flexibility index (Phi) is 5.61. The van der Waals surface area contributed by atoms with Gasteiger partial charge in [0.25, 0.3) is 5.91 Å². The second-order valence-corrected chi connectivity index (χ2v) is 6.32. The van der Waals surface area contributed by atoms with Crippen LogP contribution in [0.5, 0.6) is 0 Å². The minimum absolute atomic E-state index is 0.224. The average Bonchev–Trinajstić information content (AvgIpc) is 2.68. The Morgan fingerprint density at radius 2 is 1.75 bits per heavy atom. The predicted octanol–water partition coefficient (Wildman–Crippen LogP) is 3.03. The average molecular weight is 373 g/mol. The maximum Gasteiger partial charge on any atom is 0.251 e. The lowest BCUT2D eigenvalue weighted by Gasteiger charge is -2.11. The van der Waals surface area contributed by atoms with Gasteiger partial charge in [0.1, 0.15) is 6.42 Å². The van der Waals surface area contributed by atoms with Crippen LogP contribution in [0.3, 0.4) is 0 Å². The van der Waals surface area contributed by atoms with Crippen molar-refractivity contribution in [3.05, 3.63) is 65.0 Å². The standard InChI is InChI=1S/C21H19N5O2/c1-13-14(2)25-19-11-15(7-8-18(19)24-13)21(28)23-12-16-5-3-4-6-17(16)26-20(27)9-10-22/h3-8,11H,9,12H2,1-2H3,(H,23,28)(H,26,27). The van der Waals surface area contributed by atoms with Crippen molar-refractivity contribution in [2.75, 3.05) is 5.32 Å². The normalized spacial score (nSPS) is 10.3. The van der Waals surface area contributed by atoms with E-state index < -0.39 is 0 Å². The molecule has 3 aromatic rings. The molecule has 0 aliphatic heterocycles. The zero-order valence-corrected chi connectivity index (χ0v) is 15.6. The fourth-order valence-electron chi connectivity index (χ4n) is 2.71. The fraction of sp³-hybridized carbons (Fsp3) is 0.190. The topological polar surface area (TPSA) is 108 Å². The molecule has 0 spiro atoms. The van der Waals surface area contributed by atoms with E-state index in [1.165, 1.54) is 0 Å². The van der Waals surface area contributed by atoms with E-state index in [0.717, 1.165) is 22.5 Å². The zero-order chi connectivity index (χ0) is 20.1. The Balaban J connectivity index is 1.74. The molecule has 1 heterocycles. The molecular formula is C21H19N5O2. The van der Waals surface area contributed by atoms with Crippen LogP contribution in [0.15, 0.2) is 42.5 Å². The van der Waals surface area contributed by atoms with Crippen molar-refractivity contribution in [1.29, 1.82) is 5.26 Å². The first-order chi connectivity index (χ1) is 13.5. The van der Waals surface area contributed by atoms with Gasteiger partial charge in [-0.1, -0.05) is 18.2 Å². The molecule has 0 saturated carbocycles.